The number of nitrogens with one attached hydrogen (secondary N) is 1. The number of hydrogen-bond acceptors (Lipinski definition) is 3. The first-order valence-corrected chi connectivity index (χ1v) is 5.22. The molecule has 0 amide bonds. The van der Waals surface area contributed by atoms with Crippen LogP contribution in [0.2, 0.25) is 0 Å². The summed E-state index contributed by atoms with van der Waals surface area (Å²) in [6.45, 7) is 0. The van der Waals surface area contributed by atoms with Crippen molar-refractivity contribution in [3.8, 4) is 0 Å². The van der Waals surface area contributed by atoms with Gasteiger partial charge in [-0.2, -0.15) is 0 Å². The highest BCUT2D eigenvalue weighted by Crippen LogP contribution is 2.31. The lowest BCUT2D eigenvalue weighted by atomic mass is 9.77. The molecule has 2 unspecified atom stereocenters. The van der Waals surface area contributed by atoms with Gasteiger partial charge in [-0.25, -0.2) is 0 Å². The number of carboxylic acid groups (broad SMARTS) is 1. The smallest absolute Gasteiger partial charge is 0.308 e. The average Bonchev–Trinajstić information content (AvgIpc) is 1.98. The van der Waals surface area contributed by atoms with Crippen LogP contribution in [-0.4, -0.2) is 36.4 Å². The Morgan fingerprint density at radius 3 is 2.57 bits per heavy atom. The Morgan fingerprint density at radius 1 is 1.43 bits per heavy atom. The molecule has 2 aliphatic carbocycles. The zero-order valence-corrected chi connectivity index (χ0v) is 8.40. The fourth-order valence-electron chi connectivity index (χ4n) is 2.19. The third kappa shape index (κ3) is 1.77. The van der Waals surface area contributed by atoms with Crippen LogP contribution in [0.25, 0.3) is 0 Å². The van der Waals surface area contributed by atoms with Gasteiger partial charge < -0.3 is 15.2 Å². The van der Waals surface area contributed by atoms with E-state index < -0.39 is 5.97 Å². The van der Waals surface area contributed by atoms with Crippen LogP contribution >= 0.6 is 0 Å². The molecule has 2 N–H and O–H groups in total. The van der Waals surface area contributed by atoms with Gasteiger partial charge in [0.15, 0.2) is 0 Å². The Morgan fingerprint density at radius 2 is 2.14 bits per heavy atom. The summed E-state index contributed by atoms with van der Waals surface area (Å²) in [5, 5.41) is 12.2. The van der Waals surface area contributed by atoms with Crippen LogP contribution in [0.4, 0.5) is 0 Å². The van der Waals surface area contributed by atoms with Crippen LogP contribution in [-0.2, 0) is 9.53 Å². The topological polar surface area (TPSA) is 58.6 Å². The van der Waals surface area contributed by atoms with Crippen molar-refractivity contribution in [3.63, 3.8) is 0 Å². The predicted octanol–water partition coefficient (Wildman–Crippen LogP) is 0.617. The molecule has 2 aliphatic rings. The van der Waals surface area contributed by atoms with Crippen LogP contribution < -0.4 is 5.32 Å². The van der Waals surface area contributed by atoms with E-state index in [1.807, 2.05) is 0 Å². The molecule has 0 aromatic carbocycles. The van der Waals surface area contributed by atoms with Crippen LogP contribution in [0.1, 0.15) is 25.7 Å². The second kappa shape index (κ2) is 3.87. The molecular formula is C10H17NO3. The molecular weight excluding hydrogens is 182 g/mol. The summed E-state index contributed by atoms with van der Waals surface area (Å²) in [5.74, 6) is -0.812. The lowest BCUT2D eigenvalue weighted by molar-refractivity contribution is -0.146. The third-order valence-electron chi connectivity index (χ3n) is 3.47. The first-order valence-electron chi connectivity index (χ1n) is 5.22. The molecule has 0 aromatic rings. The molecule has 0 aliphatic heterocycles. The Balaban J connectivity index is 1.69. The molecule has 14 heavy (non-hydrogen) atoms. The van der Waals surface area contributed by atoms with E-state index in [0.717, 1.165) is 25.7 Å². The number of ether oxygens (including phenoxy) is 1. The maximum atomic E-state index is 10.7. The lowest BCUT2D eigenvalue weighted by Gasteiger charge is -2.42. The largest absolute Gasteiger partial charge is 0.481 e. The summed E-state index contributed by atoms with van der Waals surface area (Å²) in [6, 6.07) is 0.683. The molecule has 2 rings (SSSR count). The van der Waals surface area contributed by atoms with E-state index in [0.29, 0.717) is 12.1 Å². The second-order valence-corrected chi connectivity index (χ2v) is 4.32. The van der Waals surface area contributed by atoms with Gasteiger partial charge in [0.1, 0.15) is 0 Å². The first-order chi connectivity index (χ1) is 6.70. The maximum absolute atomic E-state index is 10.7. The van der Waals surface area contributed by atoms with Crippen LogP contribution in [0.5, 0.6) is 0 Å². The molecule has 0 heterocycles. The Bertz CT molecular complexity index is 225. The molecule has 80 valence electrons. The van der Waals surface area contributed by atoms with Crippen molar-refractivity contribution in [1.29, 1.82) is 0 Å². The highest BCUT2D eigenvalue weighted by molar-refractivity contribution is 5.72. The lowest BCUT2D eigenvalue weighted by Crippen LogP contribution is -2.56. The summed E-state index contributed by atoms with van der Waals surface area (Å²) in [6.07, 6.45) is 4.27. The zero-order valence-electron chi connectivity index (χ0n) is 8.40. The third-order valence-corrected chi connectivity index (χ3v) is 3.47. The molecule has 2 fully saturated rings. The number of carbonyl (C=O) groups is 1. The van der Waals surface area contributed by atoms with Gasteiger partial charge in [0.25, 0.3) is 0 Å². The summed E-state index contributed by atoms with van der Waals surface area (Å²) in [7, 11) is 1.73. The quantitative estimate of drug-likeness (QED) is 0.696. The van der Waals surface area contributed by atoms with E-state index in [9.17, 15) is 4.79 Å². The Hall–Kier alpha value is -0.610. The Labute approximate surface area is 83.6 Å². The van der Waals surface area contributed by atoms with E-state index in [1.54, 1.807) is 7.11 Å². The standard InChI is InChI=1S/C10H17NO3/c1-14-7-4-6(5-7)11-9-3-2-8(9)10(12)13/h6-9,11H,2-5H2,1H3,(H,12,13). The number of rotatable bonds is 4. The van der Waals surface area contributed by atoms with Gasteiger partial charge >= 0.3 is 5.97 Å². The van der Waals surface area contributed by atoms with Gasteiger partial charge in [0, 0.05) is 19.2 Å². The van der Waals surface area contributed by atoms with Gasteiger partial charge in [-0.15, -0.1) is 0 Å². The summed E-state index contributed by atoms with van der Waals surface area (Å²) in [4.78, 5) is 10.7. The van der Waals surface area contributed by atoms with Crippen molar-refractivity contribution in [3.05, 3.63) is 0 Å². The van der Waals surface area contributed by atoms with Crippen LogP contribution in [0.15, 0.2) is 0 Å². The fraction of sp³-hybridized carbons (Fsp3) is 0.900. The number of carboxylic acids is 1. The molecule has 2 atom stereocenters. The van der Waals surface area contributed by atoms with Crippen molar-refractivity contribution in [2.45, 2.75) is 43.9 Å². The molecule has 0 bridgehead atoms. The minimum Gasteiger partial charge on any atom is -0.481 e. The number of hydrogen-bond donors (Lipinski definition) is 2. The molecule has 4 heteroatoms. The zero-order chi connectivity index (χ0) is 10.1. The van der Waals surface area contributed by atoms with Crippen molar-refractivity contribution < 1.29 is 14.6 Å². The Kier molecular flexibility index (Phi) is 2.74. The highest BCUT2D eigenvalue weighted by Gasteiger charge is 2.40. The predicted molar refractivity (Wildman–Crippen MR) is 51.1 cm³/mol. The van der Waals surface area contributed by atoms with Crippen molar-refractivity contribution >= 4 is 5.97 Å². The maximum Gasteiger partial charge on any atom is 0.308 e. The highest BCUT2D eigenvalue weighted by atomic mass is 16.5. The van der Waals surface area contributed by atoms with Gasteiger partial charge in [-0.05, 0) is 25.7 Å². The van der Waals surface area contributed by atoms with E-state index >= 15 is 0 Å². The van der Waals surface area contributed by atoms with E-state index in [2.05, 4.69) is 5.32 Å². The van der Waals surface area contributed by atoms with Gasteiger partial charge in [-0.3, -0.25) is 4.79 Å². The summed E-state index contributed by atoms with van der Waals surface area (Å²) in [5.41, 5.74) is 0. The van der Waals surface area contributed by atoms with E-state index in [1.165, 1.54) is 0 Å². The molecule has 0 aromatic heterocycles. The van der Waals surface area contributed by atoms with E-state index in [4.69, 9.17) is 9.84 Å². The van der Waals surface area contributed by atoms with Gasteiger partial charge in [-0.1, -0.05) is 0 Å². The van der Waals surface area contributed by atoms with E-state index in [-0.39, 0.29) is 12.0 Å². The summed E-state index contributed by atoms with van der Waals surface area (Å²) >= 11 is 0. The molecule has 2 saturated carbocycles. The molecule has 0 radical (unpaired) electrons. The summed E-state index contributed by atoms with van der Waals surface area (Å²) < 4.78 is 5.17. The average molecular weight is 199 g/mol. The normalized spacial score (nSPS) is 41.2. The molecule has 4 nitrogen and oxygen atoms in total. The monoisotopic (exact) mass is 199 g/mol. The van der Waals surface area contributed by atoms with Crippen molar-refractivity contribution in [1.82, 2.24) is 5.32 Å². The van der Waals surface area contributed by atoms with Crippen molar-refractivity contribution in [2.24, 2.45) is 5.92 Å². The minimum absolute atomic E-state index is 0.156. The SMILES string of the molecule is COC1CC(NC2CCC2C(=O)O)C1. The molecule has 0 spiro atoms. The molecule has 0 saturated heterocycles. The fourth-order valence-corrected chi connectivity index (χ4v) is 2.19. The van der Waals surface area contributed by atoms with Crippen molar-refractivity contribution in [2.75, 3.05) is 7.11 Å². The first kappa shape index (κ1) is 9.93. The number of methoxy groups -OCH3 is 1. The van der Waals surface area contributed by atoms with Gasteiger partial charge in [0.2, 0.25) is 0 Å². The second-order valence-electron chi connectivity index (χ2n) is 4.32. The van der Waals surface area contributed by atoms with Gasteiger partial charge in [0.05, 0.1) is 12.0 Å². The number of aliphatic carboxylic acids is 1. The van der Waals surface area contributed by atoms with Crippen LogP contribution in [0, 0.1) is 5.92 Å². The van der Waals surface area contributed by atoms with Crippen LogP contribution in [0.3, 0.4) is 0 Å². The minimum atomic E-state index is -0.656.